The Morgan fingerprint density at radius 1 is 1.27 bits per heavy atom. The summed E-state index contributed by atoms with van der Waals surface area (Å²) in [5.74, 6) is 0. The van der Waals surface area contributed by atoms with Crippen LogP contribution in [0.2, 0.25) is 0 Å². The maximum atomic E-state index is 12.2. The van der Waals surface area contributed by atoms with Crippen molar-refractivity contribution in [2.45, 2.75) is 19.5 Å². The van der Waals surface area contributed by atoms with E-state index in [1.54, 1.807) is 23.9 Å². The van der Waals surface area contributed by atoms with Gasteiger partial charge in [0.05, 0.1) is 12.5 Å². The molecule has 0 spiro atoms. The van der Waals surface area contributed by atoms with Crippen LogP contribution in [0.5, 0.6) is 0 Å². The molecule has 0 aliphatic carbocycles. The lowest BCUT2D eigenvalue weighted by Crippen LogP contribution is -2.41. The minimum atomic E-state index is 0.0131. The van der Waals surface area contributed by atoms with Crippen molar-refractivity contribution in [3.63, 3.8) is 0 Å². The van der Waals surface area contributed by atoms with Crippen LogP contribution in [-0.4, -0.2) is 42.0 Å². The van der Waals surface area contributed by atoms with Crippen LogP contribution in [0.1, 0.15) is 16.9 Å². The maximum Gasteiger partial charge on any atom is 0.317 e. The zero-order chi connectivity index (χ0) is 15.2. The number of carbonyl (C=O) groups is 1. The second kappa shape index (κ2) is 7.47. The summed E-state index contributed by atoms with van der Waals surface area (Å²) in [4.78, 5) is 18.0. The smallest absolute Gasteiger partial charge is 0.317 e. The van der Waals surface area contributed by atoms with Gasteiger partial charge in [0.1, 0.15) is 0 Å². The largest absolute Gasteiger partial charge is 0.472 e. The molecule has 2 aromatic rings. The number of hydrogen-bond acceptors (Lipinski definition) is 4. The Balaban J connectivity index is 1.46. The van der Waals surface area contributed by atoms with Gasteiger partial charge < -0.3 is 14.6 Å². The first kappa shape index (κ1) is 15.1. The molecule has 1 aliphatic heterocycles. The molecule has 3 rings (SSSR count). The first-order chi connectivity index (χ1) is 10.8. The van der Waals surface area contributed by atoms with Crippen molar-refractivity contribution in [3.05, 3.63) is 46.5 Å². The number of urea groups is 1. The molecule has 1 saturated heterocycles. The minimum absolute atomic E-state index is 0.0131. The van der Waals surface area contributed by atoms with Gasteiger partial charge in [0.25, 0.3) is 0 Å². The van der Waals surface area contributed by atoms with Gasteiger partial charge in [-0.05, 0) is 23.9 Å². The number of carbonyl (C=O) groups excluding carboxylic acids is 1. The quantitative estimate of drug-likeness (QED) is 0.943. The van der Waals surface area contributed by atoms with Crippen molar-refractivity contribution in [2.75, 3.05) is 26.2 Å². The van der Waals surface area contributed by atoms with E-state index in [2.05, 4.69) is 27.7 Å². The van der Waals surface area contributed by atoms with Crippen LogP contribution in [-0.2, 0) is 13.1 Å². The van der Waals surface area contributed by atoms with Crippen LogP contribution in [0.25, 0.3) is 0 Å². The fourth-order valence-electron chi connectivity index (χ4n) is 2.64. The van der Waals surface area contributed by atoms with Crippen LogP contribution in [0.4, 0.5) is 4.79 Å². The Hall–Kier alpha value is -1.79. The van der Waals surface area contributed by atoms with Crippen molar-refractivity contribution >= 4 is 17.4 Å². The van der Waals surface area contributed by atoms with Crippen LogP contribution < -0.4 is 5.32 Å². The molecule has 0 atom stereocenters. The van der Waals surface area contributed by atoms with E-state index < -0.39 is 0 Å². The predicted octanol–water partition coefficient (Wildman–Crippen LogP) is 2.76. The van der Waals surface area contributed by atoms with Gasteiger partial charge in [-0.1, -0.05) is 6.07 Å². The summed E-state index contributed by atoms with van der Waals surface area (Å²) < 4.78 is 5.01. The summed E-state index contributed by atoms with van der Waals surface area (Å²) >= 11 is 1.79. The molecule has 0 aromatic carbocycles. The second-order valence-corrected chi connectivity index (χ2v) is 6.52. The van der Waals surface area contributed by atoms with Crippen LogP contribution in [0.15, 0.2) is 40.5 Å². The lowest BCUT2D eigenvalue weighted by molar-refractivity contribution is 0.197. The normalized spacial score (nSPS) is 16.5. The molecule has 0 unspecified atom stereocenters. The van der Waals surface area contributed by atoms with Crippen molar-refractivity contribution in [1.82, 2.24) is 15.1 Å². The molecule has 3 heterocycles. The third-order valence-electron chi connectivity index (χ3n) is 3.86. The molecule has 2 amide bonds. The van der Waals surface area contributed by atoms with Gasteiger partial charge in [-0.15, -0.1) is 11.3 Å². The molecule has 0 radical (unpaired) electrons. The monoisotopic (exact) mass is 319 g/mol. The highest BCUT2D eigenvalue weighted by molar-refractivity contribution is 7.09. The molecule has 118 valence electrons. The average molecular weight is 319 g/mol. The van der Waals surface area contributed by atoms with Crippen LogP contribution in [0, 0.1) is 0 Å². The van der Waals surface area contributed by atoms with Gasteiger partial charge in [0.15, 0.2) is 0 Å². The van der Waals surface area contributed by atoms with Crippen molar-refractivity contribution in [3.8, 4) is 0 Å². The van der Waals surface area contributed by atoms with E-state index in [0.29, 0.717) is 6.54 Å². The standard InChI is InChI=1S/C16H21N3O2S/c20-16(17-11-14-4-9-21-13-14)19-6-2-5-18(7-8-19)12-15-3-1-10-22-15/h1,3-4,9-10,13H,2,5-8,11-12H2,(H,17,20). The number of rotatable bonds is 4. The number of nitrogens with zero attached hydrogens (tertiary/aromatic N) is 2. The van der Waals surface area contributed by atoms with Crippen molar-refractivity contribution in [2.24, 2.45) is 0 Å². The molecular formula is C16H21N3O2S. The van der Waals surface area contributed by atoms with Gasteiger partial charge in [-0.2, -0.15) is 0 Å². The highest BCUT2D eigenvalue weighted by atomic mass is 32.1. The average Bonchev–Trinajstić information content (AvgIpc) is 3.16. The number of hydrogen-bond donors (Lipinski definition) is 1. The first-order valence-electron chi connectivity index (χ1n) is 7.60. The van der Waals surface area contributed by atoms with E-state index in [0.717, 1.165) is 44.7 Å². The zero-order valence-electron chi connectivity index (χ0n) is 12.5. The minimum Gasteiger partial charge on any atom is -0.472 e. The summed E-state index contributed by atoms with van der Waals surface area (Å²) in [5.41, 5.74) is 0.988. The molecule has 22 heavy (non-hydrogen) atoms. The Bertz CT molecular complexity index is 568. The Labute approximate surface area is 134 Å². The first-order valence-corrected chi connectivity index (χ1v) is 8.48. The maximum absolute atomic E-state index is 12.2. The fraction of sp³-hybridized carbons (Fsp3) is 0.438. The third-order valence-corrected chi connectivity index (χ3v) is 4.72. The summed E-state index contributed by atoms with van der Waals surface area (Å²) in [6.45, 7) is 5.08. The van der Waals surface area contributed by atoms with E-state index >= 15 is 0 Å². The molecule has 0 bridgehead atoms. The van der Waals surface area contributed by atoms with E-state index in [4.69, 9.17) is 4.42 Å². The number of nitrogens with one attached hydrogen (secondary N) is 1. The van der Waals surface area contributed by atoms with Gasteiger partial charge in [-0.25, -0.2) is 4.79 Å². The van der Waals surface area contributed by atoms with Gasteiger partial charge in [-0.3, -0.25) is 4.90 Å². The lowest BCUT2D eigenvalue weighted by atomic mass is 10.3. The molecule has 0 saturated carbocycles. The van der Waals surface area contributed by atoms with E-state index in [1.807, 2.05) is 11.0 Å². The van der Waals surface area contributed by atoms with Gasteiger partial charge >= 0.3 is 6.03 Å². The van der Waals surface area contributed by atoms with Crippen LogP contribution in [0.3, 0.4) is 0 Å². The molecule has 2 aromatic heterocycles. The Morgan fingerprint density at radius 3 is 3.00 bits per heavy atom. The summed E-state index contributed by atoms with van der Waals surface area (Å²) in [7, 11) is 0. The fourth-order valence-corrected chi connectivity index (χ4v) is 3.38. The highest BCUT2D eigenvalue weighted by Crippen LogP contribution is 2.13. The zero-order valence-corrected chi connectivity index (χ0v) is 13.3. The third kappa shape index (κ3) is 4.11. The van der Waals surface area contributed by atoms with E-state index in [-0.39, 0.29) is 6.03 Å². The second-order valence-electron chi connectivity index (χ2n) is 5.49. The van der Waals surface area contributed by atoms with Crippen LogP contribution >= 0.6 is 11.3 Å². The van der Waals surface area contributed by atoms with Crippen molar-refractivity contribution < 1.29 is 9.21 Å². The lowest BCUT2D eigenvalue weighted by Gasteiger charge is -2.22. The molecule has 1 aliphatic rings. The SMILES string of the molecule is O=C(NCc1ccoc1)N1CCCN(Cc2cccs2)CC1. The molecular weight excluding hydrogens is 298 g/mol. The number of furan rings is 1. The van der Waals surface area contributed by atoms with Crippen molar-refractivity contribution in [1.29, 1.82) is 0 Å². The number of amides is 2. The van der Waals surface area contributed by atoms with Gasteiger partial charge in [0.2, 0.25) is 0 Å². The predicted molar refractivity (Wildman–Crippen MR) is 86.7 cm³/mol. The van der Waals surface area contributed by atoms with Gasteiger partial charge in [0, 0.05) is 49.7 Å². The van der Waals surface area contributed by atoms with E-state index in [9.17, 15) is 4.79 Å². The molecule has 1 fully saturated rings. The summed E-state index contributed by atoms with van der Waals surface area (Å²) in [5, 5.41) is 5.07. The molecule has 5 nitrogen and oxygen atoms in total. The summed E-state index contributed by atoms with van der Waals surface area (Å²) in [6.07, 6.45) is 4.30. The number of thiophene rings is 1. The molecule has 1 N–H and O–H groups in total. The highest BCUT2D eigenvalue weighted by Gasteiger charge is 2.19. The Morgan fingerprint density at radius 2 is 2.23 bits per heavy atom. The topological polar surface area (TPSA) is 48.7 Å². The Kier molecular flexibility index (Phi) is 5.13. The summed E-state index contributed by atoms with van der Waals surface area (Å²) in [6, 6.07) is 6.14. The molecule has 6 heteroatoms. The van der Waals surface area contributed by atoms with E-state index in [1.165, 1.54) is 4.88 Å².